The van der Waals surface area contributed by atoms with E-state index in [4.69, 9.17) is 5.73 Å². The number of carbonyl (C=O) groups excluding carboxylic acids is 1. The van der Waals surface area contributed by atoms with Gasteiger partial charge in [0, 0.05) is 17.5 Å². The molecule has 8 heteroatoms. The van der Waals surface area contributed by atoms with Crippen molar-refractivity contribution in [1.82, 2.24) is 9.69 Å². The molecule has 4 N–H and O–H groups in total. The van der Waals surface area contributed by atoms with Crippen LogP contribution in [0, 0.1) is 0 Å². The molecule has 0 aliphatic heterocycles. The second-order valence-electron chi connectivity index (χ2n) is 4.78. The summed E-state index contributed by atoms with van der Waals surface area (Å²) in [6.45, 7) is 4.56. The molecule has 0 atom stereocenters. The smallest absolute Gasteiger partial charge is 0.258 e. The molecule has 0 aliphatic rings. The second-order valence-corrected chi connectivity index (χ2v) is 8.10. The molecule has 5 nitrogen and oxygen atoms in total. The summed E-state index contributed by atoms with van der Waals surface area (Å²) < 4.78 is 5.19. The number of nitrogens with one attached hydrogen (secondary N) is 2. The Morgan fingerprint density at radius 3 is 2.86 bits per heavy atom. The van der Waals surface area contributed by atoms with Crippen LogP contribution in [0.15, 0.2) is 15.9 Å². The molecule has 2 aromatic heterocycles. The Hall–Kier alpha value is -1.12. The molecule has 0 saturated carbocycles. The maximum absolute atomic E-state index is 12.1. The zero-order chi connectivity index (χ0) is 15.4. The largest absolute Gasteiger partial charge is 0.382 e. The average Bonchev–Trinajstić information content (AvgIpc) is 2.95. The summed E-state index contributed by atoms with van der Waals surface area (Å²) in [7, 11) is 0. The van der Waals surface area contributed by atoms with Crippen molar-refractivity contribution in [2.75, 3.05) is 17.6 Å². The van der Waals surface area contributed by atoms with Crippen LogP contribution < -0.4 is 16.4 Å². The number of nitrogens with two attached hydrogens (primary N) is 1. The van der Waals surface area contributed by atoms with E-state index in [1.54, 1.807) is 11.3 Å². The van der Waals surface area contributed by atoms with E-state index in [1.807, 2.05) is 19.9 Å². The maximum atomic E-state index is 12.1. The van der Waals surface area contributed by atoms with Gasteiger partial charge in [-0.2, -0.15) is 4.37 Å². The van der Waals surface area contributed by atoms with Gasteiger partial charge in [-0.25, -0.2) is 0 Å². The van der Waals surface area contributed by atoms with Gasteiger partial charge in [-0.15, -0.1) is 11.3 Å². The molecule has 2 aromatic rings. The lowest BCUT2D eigenvalue weighted by molar-refractivity contribution is 0.0945. The Balaban J connectivity index is 1.98. The van der Waals surface area contributed by atoms with Crippen molar-refractivity contribution in [1.29, 1.82) is 0 Å². The number of carbonyl (C=O) groups is 1. The number of anilines is 2. The Morgan fingerprint density at radius 2 is 2.24 bits per heavy atom. The van der Waals surface area contributed by atoms with Gasteiger partial charge in [-0.05, 0) is 59.9 Å². The van der Waals surface area contributed by atoms with Gasteiger partial charge in [0.1, 0.15) is 10.6 Å². The van der Waals surface area contributed by atoms with E-state index in [9.17, 15) is 4.79 Å². The fourth-order valence-electron chi connectivity index (χ4n) is 1.76. The molecule has 0 unspecified atom stereocenters. The van der Waals surface area contributed by atoms with Crippen LogP contribution in [0.2, 0.25) is 0 Å². The molecule has 114 valence electrons. The zero-order valence-corrected chi connectivity index (χ0v) is 15.0. The van der Waals surface area contributed by atoms with Crippen LogP contribution in [0.5, 0.6) is 0 Å². The monoisotopic (exact) mass is 388 g/mol. The highest BCUT2D eigenvalue weighted by Crippen LogP contribution is 2.27. The Labute approximate surface area is 140 Å². The van der Waals surface area contributed by atoms with E-state index < -0.39 is 0 Å². The first-order valence-electron chi connectivity index (χ1n) is 6.51. The highest BCUT2D eigenvalue weighted by molar-refractivity contribution is 9.11. The van der Waals surface area contributed by atoms with Crippen LogP contribution in [0.25, 0.3) is 0 Å². The van der Waals surface area contributed by atoms with Gasteiger partial charge in [-0.3, -0.25) is 4.79 Å². The van der Waals surface area contributed by atoms with Crippen molar-refractivity contribution in [2.24, 2.45) is 0 Å². The van der Waals surface area contributed by atoms with Crippen LogP contribution in [0.4, 0.5) is 10.8 Å². The normalized spacial score (nSPS) is 10.9. The quantitative estimate of drug-likeness (QED) is 0.708. The number of halogens is 1. The molecule has 0 aliphatic carbocycles. The highest BCUT2D eigenvalue weighted by Gasteiger charge is 2.19. The SMILES string of the molecule is CC(C)NC(=O)c1c(N)nsc1NCCc1ccc(Br)s1. The molecule has 0 aromatic carbocycles. The lowest BCUT2D eigenvalue weighted by Gasteiger charge is -2.10. The number of aromatic nitrogens is 1. The second kappa shape index (κ2) is 7.24. The van der Waals surface area contributed by atoms with Gasteiger partial charge in [0.15, 0.2) is 5.82 Å². The van der Waals surface area contributed by atoms with Gasteiger partial charge in [0.05, 0.1) is 3.79 Å². The first-order chi connectivity index (χ1) is 9.97. The van der Waals surface area contributed by atoms with Crippen molar-refractivity contribution >= 4 is 55.5 Å². The predicted octanol–water partition coefficient (Wildman–Crippen LogP) is 3.34. The molecular formula is C13H17BrN4OS2. The summed E-state index contributed by atoms with van der Waals surface area (Å²) >= 11 is 6.37. The molecule has 0 spiro atoms. The summed E-state index contributed by atoms with van der Waals surface area (Å²) in [5.74, 6) is 0.0946. The third-order valence-electron chi connectivity index (χ3n) is 2.65. The Morgan fingerprint density at radius 1 is 1.48 bits per heavy atom. The number of thiophene rings is 1. The first-order valence-corrected chi connectivity index (χ1v) is 8.89. The van der Waals surface area contributed by atoms with Gasteiger partial charge < -0.3 is 16.4 Å². The van der Waals surface area contributed by atoms with Crippen molar-refractivity contribution in [3.8, 4) is 0 Å². The molecule has 2 rings (SSSR count). The zero-order valence-electron chi connectivity index (χ0n) is 11.8. The minimum Gasteiger partial charge on any atom is -0.382 e. The van der Waals surface area contributed by atoms with E-state index in [1.165, 1.54) is 16.4 Å². The van der Waals surface area contributed by atoms with E-state index in [-0.39, 0.29) is 17.8 Å². The van der Waals surface area contributed by atoms with Crippen LogP contribution in [0.1, 0.15) is 29.1 Å². The fourth-order valence-corrected chi connectivity index (χ4v) is 3.98. The number of rotatable bonds is 6. The van der Waals surface area contributed by atoms with Crippen LogP contribution in [0.3, 0.4) is 0 Å². The Kier molecular flexibility index (Phi) is 5.60. The van der Waals surface area contributed by atoms with Crippen molar-refractivity contribution in [3.63, 3.8) is 0 Å². The first kappa shape index (κ1) is 16.3. The lowest BCUT2D eigenvalue weighted by atomic mass is 10.2. The third kappa shape index (κ3) is 4.42. The molecule has 0 fully saturated rings. The number of hydrogen-bond acceptors (Lipinski definition) is 6. The standard InChI is InChI=1S/C13H17BrN4OS2/c1-7(2)17-12(19)10-11(15)18-21-13(10)16-6-5-8-3-4-9(14)20-8/h3-4,7,16H,5-6H2,1-2H3,(H2,15,18)(H,17,19). The minimum atomic E-state index is -0.183. The Bertz CT molecular complexity index is 623. The third-order valence-corrected chi connectivity index (χ3v) is 5.15. The molecule has 0 bridgehead atoms. The van der Waals surface area contributed by atoms with E-state index in [0.717, 1.165) is 21.8 Å². The highest BCUT2D eigenvalue weighted by atomic mass is 79.9. The minimum absolute atomic E-state index is 0.0631. The topological polar surface area (TPSA) is 80.0 Å². The number of hydrogen-bond donors (Lipinski definition) is 3. The van der Waals surface area contributed by atoms with Gasteiger partial charge in [0.2, 0.25) is 0 Å². The summed E-state index contributed by atoms with van der Waals surface area (Å²) in [6.07, 6.45) is 0.888. The molecule has 21 heavy (non-hydrogen) atoms. The number of nitrogens with zero attached hydrogens (tertiary/aromatic N) is 1. The predicted molar refractivity (Wildman–Crippen MR) is 93.3 cm³/mol. The molecule has 1 amide bonds. The molecular weight excluding hydrogens is 372 g/mol. The van der Waals surface area contributed by atoms with Gasteiger partial charge in [-0.1, -0.05) is 0 Å². The number of amides is 1. The number of nitrogen functional groups attached to an aromatic ring is 1. The van der Waals surface area contributed by atoms with Crippen LogP contribution >= 0.6 is 38.8 Å². The van der Waals surface area contributed by atoms with Crippen molar-refractivity contribution in [3.05, 3.63) is 26.4 Å². The van der Waals surface area contributed by atoms with Crippen LogP contribution in [-0.4, -0.2) is 22.9 Å². The maximum Gasteiger partial charge on any atom is 0.258 e. The average molecular weight is 389 g/mol. The van der Waals surface area contributed by atoms with E-state index >= 15 is 0 Å². The summed E-state index contributed by atoms with van der Waals surface area (Å²) in [4.78, 5) is 13.4. The van der Waals surface area contributed by atoms with Crippen molar-refractivity contribution in [2.45, 2.75) is 26.3 Å². The van der Waals surface area contributed by atoms with Gasteiger partial charge >= 0.3 is 0 Å². The van der Waals surface area contributed by atoms with Gasteiger partial charge in [0.25, 0.3) is 5.91 Å². The van der Waals surface area contributed by atoms with E-state index in [0.29, 0.717) is 5.56 Å². The summed E-state index contributed by atoms with van der Waals surface area (Å²) in [6, 6.07) is 4.18. The van der Waals surface area contributed by atoms with E-state index in [2.05, 4.69) is 37.0 Å². The molecule has 2 heterocycles. The summed E-state index contributed by atoms with van der Waals surface area (Å²) in [5.41, 5.74) is 6.24. The summed E-state index contributed by atoms with van der Waals surface area (Å²) in [5, 5.41) is 6.82. The lowest BCUT2D eigenvalue weighted by Crippen LogP contribution is -2.31. The molecule has 0 saturated heterocycles. The van der Waals surface area contributed by atoms with Crippen molar-refractivity contribution < 1.29 is 4.79 Å². The van der Waals surface area contributed by atoms with Crippen LogP contribution in [-0.2, 0) is 6.42 Å². The fraction of sp³-hybridized carbons (Fsp3) is 0.385. The molecule has 0 radical (unpaired) electrons.